The van der Waals surface area contributed by atoms with E-state index in [0.29, 0.717) is 0 Å². The standard InChI is InChI=1S/C9H15F2N3/c1-3-6(4-2)14-8(9(10)11)7(12)5-13-14/h5-6,9H,3-4,12H2,1-2H3. The molecule has 5 heteroatoms. The van der Waals surface area contributed by atoms with Crippen LogP contribution in [0, 0.1) is 0 Å². The number of anilines is 1. The van der Waals surface area contributed by atoms with Crippen LogP contribution < -0.4 is 5.73 Å². The maximum Gasteiger partial charge on any atom is 0.282 e. The quantitative estimate of drug-likeness (QED) is 0.817. The van der Waals surface area contributed by atoms with Gasteiger partial charge in [-0.1, -0.05) is 13.8 Å². The Bertz CT molecular complexity index is 292. The summed E-state index contributed by atoms with van der Waals surface area (Å²) in [7, 11) is 0. The van der Waals surface area contributed by atoms with Crippen molar-refractivity contribution < 1.29 is 8.78 Å². The van der Waals surface area contributed by atoms with E-state index in [4.69, 9.17) is 5.73 Å². The molecule has 0 amide bonds. The molecule has 0 aliphatic heterocycles. The van der Waals surface area contributed by atoms with E-state index in [0.717, 1.165) is 12.8 Å². The van der Waals surface area contributed by atoms with Crippen LogP contribution in [0.3, 0.4) is 0 Å². The van der Waals surface area contributed by atoms with Crippen LogP contribution >= 0.6 is 0 Å². The van der Waals surface area contributed by atoms with Crippen LogP contribution in [0.4, 0.5) is 14.5 Å². The Morgan fingerprint density at radius 1 is 1.43 bits per heavy atom. The molecule has 0 unspecified atom stereocenters. The first kappa shape index (κ1) is 10.9. The summed E-state index contributed by atoms with van der Waals surface area (Å²) >= 11 is 0. The molecule has 0 aliphatic rings. The number of hydrogen-bond donors (Lipinski definition) is 1. The third-order valence-corrected chi connectivity index (χ3v) is 2.36. The van der Waals surface area contributed by atoms with E-state index in [9.17, 15) is 8.78 Å². The molecule has 0 saturated carbocycles. The lowest BCUT2D eigenvalue weighted by Crippen LogP contribution is -2.13. The van der Waals surface area contributed by atoms with Gasteiger partial charge in [0.1, 0.15) is 5.69 Å². The summed E-state index contributed by atoms with van der Waals surface area (Å²) in [6.07, 6.45) is 0.284. The lowest BCUT2D eigenvalue weighted by molar-refractivity contribution is 0.136. The Hall–Kier alpha value is -1.13. The fourth-order valence-corrected chi connectivity index (χ4v) is 1.54. The highest BCUT2D eigenvalue weighted by atomic mass is 19.3. The third-order valence-electron chi connectivity index (χ3n) is 2.36. The predicted molar refractivity (Wildman–Crippen MR) is 51.2 cm³/mol. The van der Waals surface area contributed by atoms with Gasteiger partial charge in [-0.05, 0) is 12.8 Å². The first-order valence-electron chi connectivity index (χ1n) is 4.72. The third kappa shape index (κ3) is 1.86. The predicted octanol–water partition coefficient (Wildman–Crippen LogP) is 2.76. The Morgan fingerprint density at radius 2 is 2.00 bits per heavy atom. The largest absolute Gasteiger partial charge is 0.396 e. The number of aromatic nitrogens is 2. The molecular formula is C9H15F2N3. The van der Waals surface area contributed by atoms with Crippen molar-refractivity contribution in [2.75, 3.05) is 5.73 Å². The van der Waals surface area contributed by atoms with Gasteiger partial charge < -0.3 is 5.73 Å². The van der Waals surface area contributed by atoms with Crippen LogP contribution in [0.15, 0.2) is 6.20 Å². The molecule has 0 saturated heterocycles. The minimum Gasteiger partial charge on any atom is -0.396 e. The van der Waals surface area contributed by atoms with Crippen molar-refractivity contribution in [3.63, 3.8) is 0 Å². The van der Waals surface area contributed by atoms with Crippen molar-refractivity contribution >= 4 is 5.69 Å². The zero-order valence-electron chi connectivity index (χ0n) is 8.37. The summed E-state index contributed by atoms with van der Waals surface area (Å²) in [5.41, 5.74) is 5.35. The van der Waals surface area contributed by atoms with Crippen LogP contribution in [-0.2, 0) is 0 Å². The summed E-state index contributed by atoms with van der Waals surface area (Å²) in [4.78, 5) is 0. The first-order valence-corrected chi connectivity index (χ1v) is 4.72. The lowest BCUT2D eigenvalue weighted by atomic mass is 10.1. The average molecular weight is 203 g/mol. The van der Waals surface area contributed by atoms with Crippen molar-refractivity contribution in [2.45, 2.75) is 39.2 Å². The van der Waals surface area contributed by atoms with Crippen molar-refractivity contribution in [1.82, 2.24) is 9.78 Å². The van der Waals surface area contributed by atoms with Crippen LogP contribution in [0.5, 0.6) is 0 Å². The van der Waals surface area contributed by atoms with E-state index >= 15 is 0 Å². The Morgan fingerprint density at radius 3 is 2.43 bits per heavy atom. The van der Waals surface area contributed by atoms with Crippen molar-refractivity contribution in [2.24, 2.45) is 0 Å². The monoisotopic (exact) mass is 203 g/mol. The van der Waals surface area contributed by atoms with Crippen LogP contribution in [0.2, 0.25) is 0 Å². The molecule has 0 atom stereocenters. The zero-order valence-corrected chi connectivity index (χ0v) is 8.37. The molecule has 0 aromatic carbocycles. The molecule has 14 heavy (non-hydrogen) atoms. The molecule has 0 spiro atoms. The maximum atomic E-state index is 12.6. The number of halogens is 2. The number of alkyl halides is 2. The average Bonchev–Trinajstić information content (AvgIpc) is 2.50. The SMILES string of the molecule is CCC(CC)n1ncc(N)c1C(F)F. The molecule has 0 bridgehead atoms. The van der Waals surface area contributed by atoms with Gasteiger partial charge in [0, 0.05) is 0 Å². The Labute approximate surface area is 81.9 Å². The van der Waals surface area contributed by atoms with Gasteiger partial charge in [-0.3, -0.25) is 4.68 Å². The zero-order chi connectivity index (χ0) is 10.7. The topological polar surface area (TPSA) is 43.8 Å². The number of nitrogen functional groups attached to an aromatic ring is 1. The highest BCUT2D eigenvalue weighted by Gasteiger charge is 2.21. The Balaban J connectivity index is 3.07. The number of hydrogen-bond acceptors (Lipinski definition) is 2. The van der Waals surface area contributed by atoms with E-state index in [1.54, 1.807) is 0 Å². The molecule has 1 rings (SSSR count). The summed E-state index contributed by atoms with van der Waals surface area (Å²) in [5.74, 6) is 0. The van der Waals surface area contributed by atoms with Crippen molar-refractivity contribution in [3.8, 4) is 0 Å². The van der Waals surface area contributed by atoms with E-state index in [2.05, 4.69) is 5.10 Å². The molecular weight excluding hydrogens is 188 g/mol. The van der Waals surface area contributed by atoms with Gasteiger partial charge in [-0.15, -0.1) is 0 Å². The van der Waals surface area contributed by atoms with Gasteiger partial charge in [0.25, 0.3) is 6.43 Å². The molecule has 1 heterocycles. The van der Waals surface area contributed by atoms with Gasteiger partial charge in [-0.25, -0.2) is 8.78 Å². The van der Waals surface area contributed by atoms with E-state index in [1.165, 1.54) is 10.9 Å². The van der Waals surface area contributed by atoms with Gasteiger partial charge in [0.05, 0.1) is 17.9 Å². The summed E-state index contributed by atoms with van der Waals surface area (Å²) in [6, 6.07) is 0.0105. The van der Waals surface area contributed by atoms with E-state index < -0.39 is 6.43 Å². The van der Waals surface area contributed by atoms with Gasteiger partial charge >= 0.3 is 0 Å². The van der Waals surface area contributed by atoms with E-state index in [-0.39, 0.29) is 17.4 Å². The number of nitrogens with two attached hydrogens (primary N) is 1. The minimum absolute atomic E-state index is 0.0105. The smallest absolute Gasteiger partial charge is 0.282 e. The maximum absolute atomic E-state index is 12.6. The fraction of sp³-hybridized carbons (Fsp3) is 0.667. The van der Waals surface area contributed by atoms with Gasteiger partial charge in [-0.2, -0.15) is 5.10 Å². The second-order valence-electron chi connectivity index (χ2n) is 3.20. The van der Waals surface area contributed by atoms with Gasteiger partial charge in [0.2, 0.25) is 0 Å². The Kier molecular flexibility index (Phi) is 3.43. The lowest BCUT2D eigenvalue weighted by Gasteiger charge is -2.16. The van der Waals surface area contributed by atoms with E-state index in [1.807, 2.05) is 13.8 Å². The highest BCUT2D eigenvalue weighted by Crippen LogP contribution is 2.29. The molecule has 2 N–H and O–H groups in total. The highest BCUT2D eigenvalue weighted by molar-refractivity contribution is 5.41. The molecule has 0 radical (unpaired) electrons. The van der Waals surface area contributed by atoms with Crippen LogP contribution in [-0.4, -0.2) is 9.78 Å². The second-order valence-corrected chi connectivity index (χ2v) is 3.20. The number of rotatable bonds is 4. The van der Waals surface area contributed by atoms with Crippen LogP contribution in [0.1, 0.15) is 44.9 Å². The molecule has 0 fully saturated rings. The van der Waals surface area contributed by atoms with Crippen LogP contribution in [0.25, 0.3) is 0 Å². The summed E-state index contributed by atoms with van der Waals surface area (Å²) in [6.45, 7) is 3.89. The molecule has 0 aliphatic carbocycles. The summed E-state index contributed by atoms with van der Waals surface area (Å²) in [5, 5.41) is 3.89. The second kappa shape index (κ2) is 4.39. The minimum atomic E-state index is -2.56. The normalized spacial score (nSPS) is 11.6. The molecule has 1 aromatic heterocycles. The summed E-state index contributed by atoms with van der Waals surface area (Å²) < 4.78 is 26.6. The van der Waals surface area contributed by atoms with Crippen molar-refractivity contribution in [1.29, 1.82) is 0 Å². The molecule has 1 aromatic rings. The fourth-order valence-electron chi connectivity index (χ4n) is 1.54. The molecule has 80 valence electrons. The first-order chi connectivity index (χ1) is 6.61. The molecule has 3 nitrogen and oxygen atoms in total. The van der Waals surface area contributed by atoms with Crippen molar-refractivity contribution in [3.05, 3.63) is 11.9 Å². The number of nitrogens with zero attached hydrogens (tertiary/aromatic N) is 2. The van der Waals surface area contributed by atoms with Gasteiger partial charge in [0.15, 0.2) is 0 Å².